The highest BCUT2D eigenvalue weighted by Gasteiger charge is 2.21. The average molecular weight is 321 g/mol. The zero-order chi connectivity index (χ0) is 15.2. The summed E-state index contributed by atoms with van der Waals surface area (Å²) in [5.41, 5.74) is 0. The number of thiophene rings is 1. The van der Waals surface area contributed by atoms with Gasteiger partial charge in [-0.15, -0.1) is 11.3 Å². The molecule has 8 heteroatoms. The van der Waals surface area contributed by atoms with Crippen molar-refractivity contribution < 1.29 is 13.2 Å². The van der Waals surface area contributed by atoms with Gasteiger partial charge >= 0.3 is 0 Å². The lowest BCUT2D eigenvalue weighted by molar-refractivity contribution is 0.184. The van der Waals surface area contributed by atoms with Crippen LogP contribution in [-0.2, 0) is 14.9 Å². The summed E-state index contributed by atoms with van der Waals surface area (Å²) in [5.74, 6) is 0. The van der Waals surface area contributed by atoms with E-state index < -0.39 is 10.2 Å². The van der Waals surface area contributed by atoms with Crippen LogP contribution < -0.4 is 4.72 Å². The Bertz CT molecular complexity index is 474. The summed E-state index contributed by atoms with van der Waals surface area (Å²) >= 11 is 1.62. The lowest BCUT2D eigenvalue weighted by atomic mass is 10.2. The first-order chi connectivity index (χ1) is 9.38. The number of hydrogen-bond donors (Lipinski definition) is 1. The van der Waals surface area contributed by atoms with E-state index in [-0.39, 0.29) is 6.04 Å². The first-order valence-electron chi connectivity index (χ1n) is 6.28. The fourth-order valence-corrected chi connectivity index (χ4v) is 3.48. The first-order valence-corrected chi connectivity index (χ1v) is 8.60. The number of rotatable bonds is 9. The van der Waals surface area contributed by atoms with Crippen molar-refractivity contribution >= 4 is 21.5 Å². The number of likely N-dealkylation sites (N-methyl/N-ethyl adjacent to an activating group) is 2. The number of ether oxygens (including phenoxy) is 1. The van der Waals surface area contributed by atoms with Crippen LogP contribution in [0.5, 0.6) is 0 Å². The molecular formula is C12H23N3O3S2. The van der Waals surface area contributed by atoms with E-state index in [0.717, 1.165) is 4.88 Å². The molecule has 1 N–H and O–H groups in total. The Kier molecular flexibility index (Phi) is 7.07. The molecule has 1 heterocycles. The van der Waals surface area contributed by atoms with Crippen molar-refractivity contribution in [2.75, 3.05) is 47.9 Å². The van der Waals surface area contributed by atoms with Gasteiger partial charge in [-0.05, 0) is 25.5 Å². The van der Waals surface area contributed by atoms with Gasteiger partial charge in [-0.25, -0.2) is 4.72 Å². The maximum Gasteiger partial charge on any atom is 0.279 e. The number of nitrogens with zero attached hydrogens (tertiary/aromatic N) is 2. The molecule has 1 aromatic rings. The lowest BCUT2D eigenvalue weighted by Gasteiger charge is -2.25. The Balaban J connectivity index is 2.63. The molecule has 20 heavy (non-hydrogen) atoms. The van der Waals surface area contributed by atoms with Crippen LogP contribution in [0.3, 0.4) is 0 Å². The Labute approximate surface area is 125 Å². The topological polar surface area (TPSA) is 61.9 Å². The van der Waals surface area contributed by atoms with E-state index in [4.69, 9.17) is 4.74 Å². The van der Waals surface area contributed by atoms with E-state index in [1.807, 2.05) is 36.5 Å². The Morgan fingerprint density at radius 2 is 2.10 bits per heavy atom. The molecule has 0 aliphatic carbocycles. The Morgan fingerprint density at radius 1 is 1.40 bits per heavy atom. The van der Waals surface area contributed by atoms with E-state index in [1.165, 1.54) is 11.4 Å². The summed E-state index contributed by atoms with van der Waals surface area (Å²) in [4.78, 5) is 3.14. The molecule has 0 spiro atoms. The van der Waals surface area contributed by atoms with E-state index in [1.54, 1.807) is 18.4 Å². The summed E-state index contributed by atoms with van der Waals surface area (Å²) in [6, 6.07) is 4.01. The molecule has 1 atom stereocenters. The predicted molar refractivity (Wildman–Crippen MR) is 82.2 cm³/mol. The number of methoxy groups -OCH3 is 1. The molecule has 0 fully saturated rings. The van der Waals surface area contributed by atoms with Crippen LogP contribution in [0.4, 0.5) is 0 Å². The quantitative estimate of drug-likeness (QED) is 0.729. The maximum absolute atomic E-state index is 12.1. The van der Waals surface area contributed by atoms with Gasteiger partial charge in [0.05, 0.1) is 12.6 Å². The van der Waals surface area contributed by atoms with E-state index >= 15 is 0 Å². The molecule has 0 aliphatic heterocycles. The van der Waals surface area contributed by atoms with Crippen LogP contribution in [0.25, 0.3) is 0 Å². The minimum atomic E-state index is -3.47. The summed E-state index contributed by atoms with van der Waals surface area (Å²) in [7, 11) is 3.49. The average Bonchev–Trinajstić information content (AvgIpc) is 2.89. The Morgan fingerprint density at radius 3 is 2.60 bits per heavy atom. The normalized spacial score (nSPS) is 14.1. The monoisotopic (exact) mass is 321 g/mol. The van der Waals surface area contributed by atoms with Crippen LogP contribution in [0, 0.1) is 0 Å². The summed E-state index contributed by atoms with van der Waals surface area (Å²) < 4.78 is 33.0. The molecule has 0 saturated carbocycles. The third kappa shape index (κ3) is 5.12. The van der Waals surface area contributed by atoms with Crippen LogP contribution in [0.2, 0.25) is 0 Å². The van der Waals surface area contributed by atoms with Gasteiger partial charge in [0.2, 0.25) is 0 Å². The highest BCUT2D eigenvalue weighted by molar-refractivity contribution is 7.87. The van der Waals surface area contributed by atoms with Crippen molar-refractivity contribution in [1.29, 1.82) is 0 Å². The largest absolute Gasteiger partial charge is 0.383 e. The molecule has 116 valence electrons. The molecular weight excluding hydrogens is 298 g/mol. The predicted octanol–water partition coefficient (Wildman–Crippen LogP) is 0.763. The number of hydrogen-bond acceptors (Lipinski definition) is 5. The van der Waals surface area contributed by atoms with Gasteiger partial charge < -0.3 is 9.64 Å². The second kappa shape index (κ2) is 8.06. The van der Waals surface area contributed by atoms with Gasteiger partial charge in [-0.3, -0.25) is 0 Å². The molecule has 0 bridgehead atoms. The third-order valence-electron chi connectivity index (χ3n) is 2.97. The van der Waals surface area contributed by atoms with E-state index in [0.29, 0.717) is 19.7 Å². The zero-order valence-electron chi connectivity index (χ0n) is 12.4. The second-order valence-corrected chi connectivity index (χ2v) is 7.50. The molecule has 1 rings (SSSR count). The highest BCUT2D eigenvalue weighted by atomic mass is 32.2. The van der Waals surface area contributed by atoms with Crippen molar-refractivity contribution in [1.82, 2.24) is 13.9 Å². The van der Waals surface area contributed by atoms with Gasteiger partial charge in [-0.2, -0.15) is 12.7 Å². The van der Waals surface area contributed by atoms with Crippen LogP contribution in [0.1, 0.15) is 10.9 Å². The standard InChI is InChI=1S/C12H23N3O3S2/c1-14(2)11(12-6-5-9-19-12)10-13-20(16,17)15(3)7-8-18-4/h5-6,9,11,13H,7-8,10H2,1-4H3/t11-/m1/s1. The first kappa shape index (κ1) is 17.5. The maximum atomic E-state index is 12.1. The van der Waals surface area contributed by atoms with Crippen LogP contribution in [0.15, 0.2) is 17.5 Å². The summed E-state index contributed by atoms with van der Waals surface area (Å²) in [6.45, 7) is 1.05. The molecule has 6 nitrogen and oxygen atoms in total. The van der Waals surface area contributed by atoms with Crippen LogP contribution >= 0.6 is 11.3 Å². The van der Waals surface area contributed by atoms with Crippen LogP contribution in [-0.4, -0.2) is 65.6 Å². The smallest absolute Gasteiger partial charge is 0.279 e. The van der Waals surface area contributed by atoms with Crippen molar-refractivity contribution in [2.24, 2.45) is 0 Å². The van der Waals surface area contributed by atoms with Gasteiger partial charge in [0, 0.05) is 32.1 Å². The van der Waals surface area contributed by atoms with Crippen molar-refractivity contribution in [3.8, 4) is 0 Å². The fourth-order valence-electron chi connectivity index (χ4n) is 1.65. The summed E-state index contributed by atoms with van der Waals surface area (Å²) in [5, 5.41) is 1.99. The minimum absolute atomic E-state index is 0.0283. The van der Waals surface area contributed by atoms with Crippen molar-refractivity contribution in [3.05, 3.63) is 22.4 Å². The lowest BCUT2D eigenvalue weighted by Crippen LogP contribution is -2.43. The molecule has 0 amide bonds. The zero-order valence-corrected chi connectivity index (χ0v) is 14.0. The van der Waals surface area contributed by atoms with Gasteiger partial charge in [0.15, 0.2) is 0 Å². The van der Waals surface area contributed by atoms with E-state index in [2.05, 4.69) is 4.72 Å². The minimum Gasteiger partial charge on any atom is -0.383 e. The molecule has 0 aliphatic rings. The molecule has 0 aromatic carbocycles. The fraction of sp³-hybridized carbons (Fsp3) is 0.667. The summed E-state index contributed by atoms with van der Waals surface area (Å²) in [6.07, 6.45) is 0. The van der Waals surface area contributed by atoms with Gasteiger partial charge in [0.1, 0.15) is 0 Å². The van der Waals surface area contributed by atoms with Gasteiger partial charge in [0.25, 0.3) is 10.2 Å². The van der Waals surface area contributed by atoms with E-state index in [9.17, 15) is 8.42 Å². The molecule has 1 aromatic heterocycles. The molecule has 0 saturated heterocycles. The third-order valence-corrected chi connectivity index (χ3v) is 5.48. The van der Waals surface area contributed by atoms with Gasteiger partial charge in [-0.1, -0.05) is 6.07 Å². The Hall–Kier alpha value is -0.510. The SMILES string of the molecule is COCCN(C)S(=O)(=O)NC[C@H](c1cccs1)N(C)C. The second-order valence-electron chi connectivity index (χ2n) is 4.66. The molecule has 0 radical (unpaired) electrons. The number of nitrogens with one attached hydrogen (secondary N) is 1. The highest BCUT2D eigenvalue weighted by Crippen LogP contribution is 2.22. The molecule has 0 unspecified atom stereocenters. The van der Waals surface area contributed by atoms with Crippen molar-refractivity contribution in [2.45, 2.75) is 6.04 Å². The van der Waals surface area contributed by atoms with Crippen molar-refractivity contribution in [3.63, 3.8) is 0 Å².